The van der Waals surface area contributed by atoms with E-state index >= 15 is 0 Å². The summed E-state index contributed by atoms with van der Waals surface area (Å²) in [6.45, 7) is 13.5. The molecule has 204 valence electrons. The van der Waals surface area contributed by atoms with Crippen LogP contribution < -0.4 is 0 Å². The molecule has 7 heteroatoms. The molecule has 0 spiro atoms. The molecule has 6 nitrogen and oxygen atoms in total. The predicted octanol–water partition coefficient (Wildman–Crippen LogP) is 5.06. The number of ketones is 1. The Morgan fingerprint density at radius 1 is 1.05 bits per heavy atom. The van der Waals surface area contributed by atoms with E-state index in [0.29, 0.717) is 26.2 Å². The van der Waals surface area contributed by atoms with Gasteiger partial charge in [0.15, 0.2) is 11.7 Å². The van der Waals surface area contributed by atoms with Gasteiger partial charge in [-0.15, -0.1) is 0 Å². The molecular weight excluding hydrogens is 508 g/mol. The Labute approximate surface area is 235 Å². The number of hydrogen-bond acceptors (Lipinski definition) is 7. The van der Waals surface area contributed by atoms with Crippen LogP contribution in [0, 0.1) is 0 Å². The van der Waals surface area contributed by atoms with E-state index in [1.54, 1.807) is 11.8 Å². The zero-order valence-electron chi connectivity index (χ0n) is 22.8. The number of carbonyl (C=O) groups excluding carboxylic acids is 1. The first kappa shape index (κ1) is 26.4. The maximum atomic E-state index is 12.9. The summed E-state index contributed by atoms with van der Waals surface area (Å²) >= 11 is 1.79. The minimum atomic E-state index is 0.169. The summed E-state index contributed by atoms with van der Waals surface area (Å²) in [6, 6.07) is 13.0. The van der Waals surface area contributed by atoms with Crippen LogP contribution in [0.15, 0.2) is 76.4 Å². The van der Waals surface area contributed by atoms with Crippen molar-refractivity contribution in [1.82, 2.24) is 9.80 Å². The monoisotopic (exact) mass is 544 g/mol. The van der Waals surface area contributed by atoms with Crippen LogP contribution in [0.25, 0.3) is 5.76 Å². The highest BCUT2D eigenvalue weighted by Gasteiger charge is 2.26. The highest BCUT2D eigenvalue weighted by atomic mass is 32.2. The number of Topliss-reactive ketones (excluding diaryl/α,β-unsaturated/α-hetero) is 1. The number of benzene rings is 2. The van der Waals surface area contributed by atoms with E-state index in [1.165, 1.54) is 20.9 Å². The van der Waals surface area contributed by atoms with Crippen LogP contribution in [0.3, 0.4) is 0 Å². The van der Waals surface area contributed by atoms with Crippen LogP contribution in [-0.2, 0) is 31.8 Å². The first-order valence-corrected chi connectivity index (χ1v) is 14.7. The molecular formula is C32H36N2O4S. The Kier molecular flexibility index (Phi) is 7.67. The van der Waals surface area contributed by atoms with Crippen molar-refractivity contribution in [3.05, 3.63) is 88.8 Å². The second-order valence-electron chi connectivity index (χ2n) is 10.9. The largest absolute Gasteiger partial charge is 0.440 e. The molecule has 6 rings (SSSR count). The number of carbonyl (C=O) groups is 1. The van der Waals surface area contributed by atoms with Crippen molar-refractivity contribution in [1.29, 1.82) is 0 Å². The number of allylic oxidation sites excluding steroid dienone is 3. The highest BCUT2D eigenvalue weighted by Crippen LogP contribution is 2.45. The number of nitrogens with zero attached hydrogens (tertiary/aromatic N) is 2. The number of hydrogen-bond donors (Lipinski definition) is 0. The fourth-order valence-corrected chi connectivity index (χ4v) is 7.06. The Morgan fingerprint density at radius 2 is 1.85 bits per heavy atom. The van der Waals surface area contributed by atoms with E-state index in [1.807, 2.05) is 12.2 Å². The van der Waals surface area contributed by atoms with Gasteiger partial charge in [0, 0.05) is 54.0 Å². The Hall–Kier alpha value is -2.84. The molecule has 0 N–H and O–H groups in total. The normalized spacial score (nSPS) is 23.3. The molecule has 0 aliphatic carbocycles. The van der Waals surface area contributed by atoms with E-state index in [-0.39, 0.29) is 18.0 Å². The molecule has 2 aromatic carbocycles. The minimum absolute atomic E-state index is 0.169. The third-order valence-electron chi connectivity index (χ3n) is 7.54. The molecule has 2 fully saturated rings. The molecule has 4 aliphatic rings. The van der Waals surface area contributed by atoms with E-state index in [0.717, 1.165) is 60.9 Å². The van der Waals surface area contributed by atoms with Gasteiger partial charge in [0.25, 0.3) is 0 Å². The molecule has 4 aliphatic heterocycles. The van der Waals surface area contributed by atoms with E-state index < -0.39 is 0 Å². The smallest absolute Gasteiger partial charge is 0.196 e. The second-order valence-corrected chi connectivity index (χ2v) is 12.0. The number of rotatable bonds is 6. The summed E-state index contributed by atoms with van der Waals surface area (Å²) in [4.78, 5) is 19.8. The Balaban J connectivity index is 1.16. The molecule has 4 heterocycles. The van der Waals surface area contributed by atoms with Gasteiger partial charge < -0.3 is 19.1 Å². The standard InChI is InChI=1S/C32H36N2O4S/c1-21-13-29(38-31(14-21)34-9-11-36-12-10-34)28-6-4-5-25-17-26-15-24(7-8-30(26)39-32(25)28)16-27(35)20-33-18-22(2)37-23(3)19-33/h4-8,13-15,22-23H,1,9-12,16-20H2,2-3H3. The molecule has 39 heavy (non-hydrogen) atoms. The summed E-state index contributed by atoms with van der Waals surface area (Å²) in [5.41, 5.74) is 5.68. The van der Waals surface area contributed by atoms with Gasteiger partial charge in [-0.2, -0.15) is 0 Å². The molecule has 2 unspecified atom stereocenters. The minimum Gasteiger partial charge on any atom is -0.440 e. The third kappa shape index (κ3) is 6.02. The SMILES string of the molecule is C=C1C=C(c2cccc3c2Sc2ccc(CC(=O)CN4CC(C)OC(C)C4)cc2C3)OC(N2CCOCC2)=C1. The number of fused-ring (bicyclic) bond motifs is 2. The summed E-state index contributed by atoms with van der Waals surface area (Å²) in [7, 11) is 0. The van der Waals surface area contributed by atoms with Gasteiger partial charge in [0.1, 0.15) is 5.76 Å². The van der Waals surface area contributed by atoms with Crippen molar-refractivity contribution in [2.45, 2.75) is 48.7 Å². The maximum absolute atomic E-state index is 12.9. The third-order valence-corrected chi connectivity index (χ3v) is 8.84. The molecule has 2 saturated heterocycles. The summed E-state index contributed by atoms with van der Waals surface area (Å²) in [6.07, 6.45) is 5.68. The van der Waals surface area contributed by atoms with Gasteiger partial charge in [0.05, 0.1) is 32.0 Å². The van der Waals surface area contributed by atoms with Crippen molar-refractivity contribution in [2.24, 2.45) is 0 Å². The molecule has 0 saturated carbocycles. The molecule has 2 atom stereocenters. The fraction of sp³-hybridized carbons (Fsp3) is 0.406. The van der Waals surface area contributed by atoms with Crippen LogP contribution >= 0.6 is 11.8 Å². The lowest BCUT2D eigenvalue weighted by Gasteiger charge is -2.34. The first-order valence-electron chi connectivity index (χ1n) is 13.9. The second kappa shape index (κ2) is 11.3. The maximum Gasteiger partial charge on any atom is 0.196 e. The van der Waals surface area contributed by atoms with Gasteiger partial charge in [-0.25, -0.2) is 0 Å². The van der Waals surface area contributed by atoms with Gasteiger partial charge in [-0.05, 0) is 54.7 Å². The van der Waals surface area contributed by atoms with Gasteiger partial charge in [-0.3, -0.25) is 9.69 Å². The zero-order valence-corrected chi connectivity index (χ0v) is 23.6. The zero-order chi connectivity index (χ0) is 26.9. The molecule has 0 aromatic heterocycles. The average Bonchev–Trinajstić information content (AvgIpc) is 2.91. The van der Waals surface area contributed by atoms with Crippen molar-refractivity contribution in [3.8, 4) is 0 Å². The lowest BCUT2D eigenvalue weighted by molar-refractivity contribution is -0.123. The lowest BCUT2D eigenvalue weighted by atomic mass is 9.97. The predicted molar refractivity (Wildman–Crippen MR) is 154 cm³/mol. The van der Waals surface area contributed by atoms with Crippen LogP contribution in [0.2, 0.25) is 0 Å². The van der Waals surface area contributed by atoms with Crippen LogP contribution in [0.1, 0.15) is 36.1 Å². The molecule has 0 radical (unpaired) electrons. The fourth-order valence-electron chi connectivity index (χ4n) is 5.89. The Morgan fingerprint density at radius 3 is 2.64 bits per heavy atom. The number of morpholine rings is 2. The number of ether oxygens (including phenoxy) is 3. The van der Waals surface area contributed by atoms with Crippen LogP contribution in [0.5, 0.6) is 0 Å². The Bertz CT molecular complexity index is 1330. The molecule has 0 bridgehead atoms. The summed E-state index contributed by atoms with van der Waals surface area (Å²) in [5, 5.41) is 0. The summed E-state index contributed by atoms with van der Waals surface area (Å²) in [5.74, 6) is 1.94. The lowest BCUT2D eigenvalue weighted by Crippen LogP contribution is -2.47. The van der Waals surface area contributed by atoms with Crippen LogP contribution in [0.4, 0.5) is 0 Å². The van der Waals surface area contributed by atoms with Crippen molar-refractivity contribution in [3.63, 3.8) is 0 Å². The van der Waals surface area contributed by atoms with Crippen molar-refractivity contribution >= 4 is 23.3 Å². The summed E-state index contributed by atoms with van der Waals surface area (Å²) < 4.78 is 17.8. The van der Waals surface area contributed by atoms with E-state index in [2.05, 4.69) is 66.6 Å². The first-order chi connectivity index (χ1) is 18.9. The van der Waals surface area contributed by atoms with Gasteiger partial charge in [-0.1, -0.05) is 48.7 Å². The van der Waals surface area contributed by atoms with Gasteiger partial charge >= 0.3 is 0 Å². The highest BCUT2D eigenvalue weighted by molar-refractivity contribution is 7.99. The van der Waals surface area contributed by atoms with Gasteiger partial charge in [0.2, 0.25) is 0 Å². The van der Waals surface area contributed by atoms with Crippen molar-refractivity contribution in [2.75, 3.05) is 45.9 Å². The van der Waals surface area contributed by atoms with Crippen LogP contribution in [-0.4, -0.2) is 73.7 Å². The van der Waals surface area contributed by atoms with Crippen molar-refractivity contribution < 1.29 is 19.0 Å². The van der Waals surface area contributed by atoms with E-state index in [4.69, 9.17) is 14.2 Å². The quantitative estimate of drug-likeness (QED) is 0.430. The van der Waals surface area contributed by atoms with E-state index in [9.17, 15) is 4.79 Å². The average molecular weight is 545 g/mol. The molecule has 2 aromatic rings. The molecule has 0 amide bonds. The topological polar surface area (TPSA) is 51.2 Å².